The van der Waals surface area contributed by atoms with E-state index >= 15 is 0 Å². The van der Waals surface area contributed by atoms with Crippen molar-refractivity contribution in [2.75, 3.05) is 45.8 Å². The Kier molecular flexibility index (Phi) is 6.45. The van der Waals surface area contributed by atoms with Gasteiger partial charge in [-0.05, 0) is 57.0 Å². The van der Waals surface area contributed by atoms with Gasteiger partial charge in [-0.15, -0.1) is 0 Å². The molecule has 2 aromatic rings. The molecule has 0 bridgehead atoms. The first-order chi connectivity index (χ1) is 14.8. The highest BCUT2D eigenvalue weighted by atomic mass is 32.2. The van der Waals surface area contributed by atoms with Crippen LogP contribution >= 0.6 is 0 Å². The van der Waals surface area contributed by atoms with Crippen molar-refractivity contribution in [2.45, 2.75) is 38.1 Å². The molecule has 31 heavy (non-hydrogen) atoms. The lowest BCUT2D eigenvalue weighted by molar-refractivity contribution is 0.0631. The third-order valence-corrected chi connectivity index (χ3v) is 8.11. The van der Waals surface area contributed by atoms with Crippen LogP contribution in [0.25, 0.3) is 0 Å². The Labute approximate surface area is 184 Å². The molecular weight excluding hydrogens is 414 g/mol. The number of carbonyl (C=O) groups excluding carboxylic acids is 1. The molecule has 2 saturated heterocycles. The van der Waals surface area contributed by atoms with Crippen LogP contribution in [0.3, 0.4) is 0 Å². The van der Waals surface area contributed by atoms with E-state index in [1.807, 2.05) is 16.5 Å². The summed E-state index contributed by atoms with van der Waals surface area (Å²) in [6, 6.07) is 8.48. The van der Waals surface area contributed by atoms with E-state index in [0.29, 0.717) is 31.7 Å². The van der Waals surface area contributed by atoms with Gasteiger partial charge in [0.2, 0.25) is 10.0 Å². The minimum absolute atomic E-state index is 0.0386. The van der Waals surface area contributed by atoms with Crippen molar-refractivity contribution in [1.82, 2.24) is 23.9 Å². The Morgan fingerprint density at radius 1 is 0.935 bits per heavy atom. The van der Waals surface area contributed by atoms with Crippen molar-refractivity contribution in [3.63, 3.8) is 0 Å². The Morgan fingerprint density at radius 2 is 1.58 bits per heavy atom. The number of rotatable bonds is 6. The van der Waals surface area contributed by atoms with Crippen LogP contribution in [0.5, 0.6) is 0 Å². The fraction of sp³-hybridized carbons (Fsp3) is 0.545. The molecule has 0 unspecified atom stereocenters. The van der Waals surface area contributed by atoms with Gasteiger partial charge in [0, 0.05) is 57.1 Å². The Hall–Kier alpha value is -2.23. The number of hydrogen-bond acceptors (Lipinski definition) is 5. The average Bonchev–Trinajstić information content (AvgIpc) is 3.42. The fourth-order valence-electron chi connectivity index (χ4n) is 4.34. The van der Waals surface area contributed by atoms with E-state index in [2.05, 4.69) is 23.0 Å². The Balaban J connectivity index is 1.30. The molecule has 3 heterocycles. The number of aromatic nitrogens is 2. The van der Waals surface area contributed by atoms with Crippen LogP contribution in [0.1, 0.15) is 34.6 Å². The first-order valence-corrected chi connectivity index (χ1v) is 12.4. The largest absolute Gasteiger partial charge is 0.336 e. The van der Waals surface area contributed by atoms with Crippen molar-refractivity contribution in [2.24, 2.45) is 0 Å². The minimum atomic E-state index is -3.45. The van der Waals surface area contributed by atoms with Gasteiger partial charge in [-0.1, -0.05) is 0 Å². The van der Waals surface area contributed by atoms with Crippen molar-refractivity contribution in [3.05, 3.63) is 47.3 Å². The molecule has 8 nitrogen and oxygen atoms in total. The van der Waals surface area contributed by atoms with Gasteiger partial charge in [-0.25, -0.2) is 8.42 Å². The summed E-state index contributed by atoms with van der Waals surface area (Å²) < 4.78 is 28.9. The van der Waals surface area contributed by atoms with E-state index < -0.39 is 10.0 Å². The summed E-state index contributed by atoms with van der Waals surface area (Å²) >= 11 is 0. The fourth-order valence-corrected chi connectivity index (χ4v) is 5.86. The lowest BCUT2D eigenvalue weighted by Crippen LogP contribution is -2.49. The highest BCUT2D eigenvalue weighted by molar-refractivity contribution is 7.89. The van der Waals surface area contributed by atoms with Gasteiger partial charge >= 0.3 is 0 Å². The quantitative estimate of drug-likeness (QED) is 0.677. The number of sulfonamides is 1. The Morgan fingerprint density at radius 3 is 2.16 bits per heavy atom. The third kappa shape index (κ3) is 4.83. The molecule has 0 N–H and O–H groups in total. The lowest BCUT2D eigenvalue weighted by Gasteiger charge is -2.34. The number of aryl methyl sites for hydroxylation is 2. The standard InChI is InChI=1S/C22H31N5O3S/c1-18-17-19(2)27(23-18)16-13-24-11-14-25(15-12-24)22(28)20-5-7-21(8-6-20)31(29,30)26-9-3-4-10-26/h5-8,17H,3-4,9-16H2,1-2H3. The average molecular weight is 446 g/mol. The highest BCUT2D eigenvalue weighted by Gasteiger charge is 2.28. The molecule has 1 amide bonds. The highest BCUT2D eigenvalue weighted by Crippen LogP contribution is 2.21. The number of amides is 1. The summed E-state index contributed by atoms with van der Waals surface area (Å²) in [7, 11) is -3.45. The Bertz CT molecular complexity index is 1020. The van der Waals surface area contributed by atoms with E-state index in [-0.39, 0.29) is 10.8 Å². The summed E-state index contributed by atoms with van der Waals surface area (Å²) in [5.41, 5.74) is 2.74. The molecule has 1 aromatic carbocycles. The number of carbonyl (C=O) groups is 1. The first-order valence-electron chi connectivity index (χ1n) is 11.0. The monoisotopic (exact) mass is 445 g/mol. The number of benzene rings is 1. The molecule has 2 aliphatic rings. The predicted molar refractivity (Wildman–Crippen MR) is 118 cm³/mol. The van der Waals surface area contributed by atoms with Gasteiger partial charge in [0.05, 0.1) is 17.1 Å². The molecule has 2 fully saturated rings. The topological polar surface area (TPSA) is 78.8 Å². The van der Waals surface area contributed by atoms with E-state index in [0.717, 1.165) is 44.7 Å². The summed E-state index contributed by atoms with van der Waals surface area (Å²) in [6.45, 7) is 9.97. The van der Waals surface area contributed by atoms with Crippen LogP contribution in [0.2, 0.25) is 0 Å². The van der Waals surface area contributed by atoms with E-state index in [9.17, 15) is 13.2 Å². The zero-order valence-corrected chi connectivity index (χ0v) is 19.1. The van der Waals surface area contributed by atoms with Gasteiger partial charge in [-0.3, -0.25) is 14.4 Å². The maximum Gasteiger partial charge on any atom is 0.253 e. The van der Waals surface area contributed by atoms with Gasteiger partial charge in [0.15, 0.2) is 0 Å². The maximum absolute atomic E-state index is 12.9. The molecule has 2 aliphatic heterocycles. The van der Waals surface area contributed by atoms with Crippen LogP contribution in [-0.2, 0) is 16.6 Å². The summed E-state index contributed by atoms with van der Waals surface area (Å²) in [5.74, 6) is -0.0386. The number of nitrogens with zero attached hydrogens (tertiary/aromatic N) is 5. The zero-order chi connectivity index (χ0) is 22.0. The number of piperazine rings is 1. The lowest BCUT2D eigenvalue weighted by atomic mass is 10.2. The SMILES string of the molecule is Cc1cc(C)n(CCN2CCN(C(=O)c3ccc(S(=O)(=O)N4CCCC4)cc3)CC2)n1. The molecule has 0 saturated carbocycles. The van der Waals surface area contributed by atoms with Crippen LogP contribution in [0.4, 0.5) is 0 Å². The van der Waals surface area contributed by atoms with Crippen LogP contribution in [-0.4, -0.2) is 84.0 Å². The van der Waals surface area contributed by atoms with Crippen molar-refractivity contribution >= 4 is 15.9 Å². The maximum atomic E-state index is 12.9. The van der Waals surface area contributed by atoms with Gasteiger partial charge in [-0.2, -0.15) is 9.40 Å². The normalized spacial score (nSPS) is 18.6. The molecule has 4 rings (SSSR count). The smallest absolute Gasteiger partial charge is 0.253 e. The van der Waals surface area contributed by atoms with Gasteiger partial charge in [0.1, 0.15) is 0 Å². The van der Waals surface area contributed by atoms with Gasteiger partial charge < -0.3 is 4.90 Å². The molecular formula is C22H31N5O3S. The van der Waals surface area contributed by atoms with Crippen LogP contribution in [0, 0.1) is 13.8 Å². The molecule has 1 aromatic heterocycles. The second-order valence-corrected chi connectivity index (χ2v) is 10.4. The van der Waals surface area contributed by atoms with Crippen LogP contribution < -0.4 is 0 Å². The predicted octanol–water partition coefficient (Wildman–Crippen LogP) is 1.74. The van der Waals surface area contributed by atoms with E-state index in [4.69, 9.17) is 0 Å². The minimum Gasteiger partial charge on any atom is -0.336 e. The van der Waals surface area contributed by atoms with Gasteiger partial charge in [0.25, 0.3) is 5.91 Å². The second kappa shape index (κ2) is 9.10. The molecule has 0 atom stereocenters. The number of hydrogen-bond donors (Lipinski definition) is 0. The molecule has 0 spiro atoms. The third-order valence-electron chi connectivity index (χ3n) is 6.19. The first kappa shape index (κ1) is 22.0. The molecule has 0 aliphatic carbocycles. The molecule has 0 radical (unpaired) electrons. The van der Waals surface area contributed by atoms with E-state index in [1.165, 1.54) is 10.00 Å². The molecule has 9 heteroatoms. The van der Waals surface area contributed by atoms with Crippen molar-refractivity contribution in [1.29, 1.82) is 0 Å². The van der Waals surface area contributed by atoms with E-state index in [1.54, 1.807) is 24.3 Å². The zero-order valence-electron chi connectivity index (χ0n) is 18.3. The second-order valence-electron chi connectivity index (χ2n) is 8.42. The van der Waals surface area contributed by atoms with Crippen molar-refractivity contribution < 1.29 is 13.2 Å². The van der Waals surface area contributed by atoms with Crippen molar-refractivity contribution in [3.8, 4) is 0 Å². The summed E-state index contributed by atoms with van der Waals surface area (Å²) in [4.78, 5) is 17.4. The van der Waals surface area contributed by atoms with Crippen LogP contribution in [0.15, 0.2) is 35.2 Å². The summed E-state index contributed by atoms with van der Waals surface area (Å²) in [6.07, 6.45) is 1.81. The summed E-state index contributed by atoms with van der Waals surface area (Å²) in [5, 5.41) is 4.51. The molecule has 168 valence electrons.